The molecule has 0 heteroatoms. The fourth-order valence-electron chi connectivity index (χ4n) is 7.19. The van der Waals surface area contributed by atoms with Crippen LogP contribution >= 0.6 is 0 Å². The van der Waals surface area contributed by atoms with Crippen molar-refractivity contribution in [2.45, 2.75) is 26.2 Å². The van der Waals surface area contributed by atoms with Crippen LogP contribution in [0.4, 0.5) is 0 Å². The lowest BCUT2D eigenvalue weighted by molar-refractivity contribution is 0.660. The third-order valence-electron chi connectivity index (χ3n) is 9.34. The summed E-state index contributed by atoms with van der Waals surface area (Å²) in [7, 11) is 0. The molecule has 7 aromatic rings. The van der Waals surface area contributed by atoms with E-state index >= 15 is 0 Å². The molecule has 0 heterocycles. The molecule has 200 valence electrons. The van der Waals surface area contributed by atoms with Crippen molar-refractivity contribution in [1.82, 2.24) is 0 Å². The second-order valence-electron chi connectivity index (χ2n) is 12.2. The normalized spacial score (nSPS) is 13.3. The average molecular weight is 537 g/mol. The molecule has 0 fully saturated rings. The maximum Gasteiger partial charge on any atom is 0.0159 e. The Morgan fingerprint density at radius 1 is 0.381 bits per heavy atom. The van der Waals surface area contributed by atoms with E-state index in [2.05, 4.69) is 160 Å². The molecule has 0 atom stereocenters. The zero-order chi connectivity index (χ0) is 28.4. The molecule has 8 rings (SSSR count). The largest absolute Gasteiger partial charge is 0.0622 e. The smallest absolute Gasteiger partial charge is 0.0159 e. The number of benzene rings is 7. The molecule has 0 saturated carbocycles. The third kappa shape index (κ3) is 3.68. The molecular formula is C42H32. The van der Waals surface area contributed by atoms with Gasteiger partial charge in [0.2, 0.25) is 0 Å². The van der Waals surface area contributed by atoms with Gasteiger partial charge in [0.1, 0.15) is 0 Å². The van der Waals surface area contributed by atoms with Gasteiger partial charge in [-0.05, 0) is 96.2 Å². The summed E-state index contributed by atoms with van der Waals surface area (Å²) in [5.74, 6) is 0. The first kappa shape index (κ1) is 24.8. The van der Waals surface area contributed by atoms with Gasteiger partial charge in [0.15, 0.2) is 0 Å². The Bertz CT molecular complexity index is 2140. The molecule has 7 aromatic carbocycles. The zero-order valence-corrected chi connectivity index (χ0v) is 24.3. The van der Waals surface area contributed by atoms with Crippen LogP contribution in [0, 0.1) is 6.92 Å². The first-order chi connectivity index (χ1) is 20.5. The quantitative estimate of drug-likeness (QED) is 0.197. The molecule has 0 spiro atoms. The summed E-state index contributed by atoms with van der Waals surface area (Å²) in [6.07, 6.45) is 0. The van der Waals surface area contributed by atoms with Crippen LogP contribution in [0.2, 0.25) is 0 Å². The fraction of sp³-hybridized carbons (Fsp3) is 0.0952. The second-order valence-corrected chi connectivity index (χ2v) is 12.2. The molecular weight excluding hydrogens is 504 g/mol. The summed E-state index contributed by atoms with van der Waals surface area (Å²) < 4.78 is 0. The molecule has 42 heavy (non-hydrogen) atoms. The minimum Gasteiger partial charge on any atom is -0.0622 e. The summed E-state index contributed by atoms with van der Waals surface area (Å²) in [5, 5.41) is 5.16. The third-order valence-corrected chi connectivity index (χ3v) is 9.34. The van der Waals surface area contributed by atoms with Gasteiger partial charge in [-0.2, -0.15) is 0 Å². The van der Waals surface area contributed by atoms with Crippen LogP contribution in [0.25, 0.3) is 66.1 Å². The van der Waals surface area contributed by atoms with E-state index in [1.165, 1.54) is 82.7 Å². The topological polar surface area (TPSA) is 0 Å². The van der Waals surface area contributed by atoms with Crippen molar-refractivity contribution in [3.8, 4) is 44.5 Å². The highest BCUT2D eigenvalue weighted by atomic mass is 14.4. The van der Waals surface area contributed by atoms with Gasteiger partial charge in [0, 0.05) is 5.41 Å². The van der Waals surface area contributed by atoms with E-state index in [9.17, 15) is 0 Å². The average Bonchev–Trinajstić information content (AvgIpc) is 3.26. The van der Waals surface area contributed by atoms with Gasteiger partial charge < -0.3 is 0 Å². The van der Waals surface area contributed by atoms with Crippen LogP contribution in [0.1, 0.15) is 30.5 Å². The van der Waals surface area contributed by atoms with Gasteiger partial charge in [-0.25, -0.2) is 0 Å². The van der Waals surface area contributed by atoms with Crippen molar-refractivity contribution in [2.75, 3.05) is 0 Å². The van der Waals surface area contributed by atoms with Crippen molar-refractivity contribution in [3.63, 3.8) is 0 Å². The number of rotatable bonds is 3. The van der Waals surface area contributed by atoms with Crippen LogP contribution in [-0.2, 0) is 5.41 Å². The second kappa shape index (κ2) is 9.29. The Morgan fingerprint density at radius 2 is 0.952 bits per heavy atom. The predicted molar refractivity (Wildman–Crippen MR) is 180 cm³/mol. The summed E-state index contributed by atoms with van der Waals surface area (Å²) in [4.78, 5) is 0. The highest BCUT2D eigenvalue weighted by molar-refractivity contribution is 6.22. The molecule has 0 aromatic heterocycles. The van der Waals surface area contributed by atoms with E-state index in [4.69, 9.17) is 0 Å². The first-order valence-electron chi connectivity index (χ1n) is 14.9. The van der Waals surface area contributed by atoms with Gasteiger partial charge in [0.25, 0.3) is 0 Å². The van der Waals surface area contributed by atoms with E-state index in [1.54, 1.807) is 0 Å². The zero-order valence-electron chi connectivity index (χ0n) is 24.3. The summed E-state index contributed by atoms with van der Waals surface area (Å²) in [6.45, 7) is 6.89. The molecule has 0 amide bonds. The summed E-state index contributed by atoms with van der Waals surface area (Å²) >= 11 is 0. The number of fused-ring (bicyclic) bond motifs is 5. The minimum atomic E-state index is -0.0510. The Kier molecular flexibility index (Phi) is 5.49. The molecule has 0 saturated heterocycles. The van der Waals surface area contributed by atoms with Crippen LogP contribution in [-0.4, -0.2) is 0 Å². The van der Waals surface area contributed by atoms with Crippen molar-refractivity contribution in [3.05, 3.63) is 156 Å². The van der Waals surface area contributed by atoms with Gasteiger partial charge in [-0.15, -0.1) is 0 Å². The van der Waals surface area contributed by atoms with Crippen LogP contribution in [0.3, 0.4) is 0 Å². The molecule has 0 bridgehead atoms. The number of aryl methyl sites for hydroxylation is 1. The van der Waals surface area contributed by atoms with Crippen molar-refractivity contribution < 1.29 is 0 Å². The summed E-state index contributed by atoms with van der Waals surface area (Å²) in [6, 6.07) is 51.8. The first-order valence-corrected chi connectivity index (χ1v) is 14.9. The van der Waals surface area contributed by atoms with Crippen LogP contribution < -0.4 is 0 Å². The maximum absolute atomic E-state index is 2.47. The Morgan fingerprint density at radius 3 is 1.71 bits per heavy atom. The van der Waals surface area contributed by atoms with Gasteiger partial charge in [-0.3, -0.25) is 0 Å². The Labute approximate surface area is 247 Å². The van der Waals surface area contributed by atoms with Gasteiger partial charge in [0.05, 0.1) is 0 Å². The van der Waals surface area contributed by atoms with Gasteiger partial charge in [-0.1, -0.05) is 147 Å². The number of hydrogen-bond donors (Lipinski definition) is 0. The molecule has 1 aliphatic carbocycles. The molecule has 0 N–H and O–H groups in total. The number of hydrogen-bond acceptors (Lipinski definition) is 0. The van der Waals surface area contributed by atoms with E-state index in [1.807, 2.05) is 0 Å². The van der Waals surface area contributed by atoms with Crippen molar-refractivity contribution in [1.29, 1.82) is 0 Å². The maximum atomic E-state index is 2.47. The lowest BCUT2D eigenvalue weighted by atomic mass is 9.80. The minimum absolute atomic E-state index is 0.0510. The SMILES string of the molecule is Cc1ccc(-c2c3ccccc3c(-c3ccc4c(c3)C(C)(C)c3ccccc3-4)c3cc(-c4ccccc4)ccc23)cc1. The summed E-state index contributed by atoms with van der Waals surface area (Å²) in [5.41, 5.74) is 14.4. The van der Waals surface area contributed by atoms with Crippen molar-refractivity contribution >= 4 is 21.5 Å². The van der Waals surface area contributed by atoms with Crippen LogP contribution in [0.15, 0.2) is 140 Å². The highest BCUT2D eigenvalue weighted by Crippen LogP contribution is 2.51. The Hall–Kier alpha value is -4.94. The Balaban J connectivity index is 1.48. The van der Waals surface area contributed by atoms with Crippen LogP contribution in [0.5, 0.6) is 0 Å². The standard InChI is InChI=1S/C42H32/c1-27-17-19-29(20-18-27)40-34-14-7-8-15-35(34)41(37-25-30(21-24-36(37)40)28-11-5-4-6-12-28)31-22-23-33-32-13-9-10-16-38(32)42(2,3)39(33)26-31/h4-26H,1-3H3. The molecule has 0 radical (unpaired) electrons. The van der Waals surface area contributed by atoms with E-state index in [-0.39, 0.29) is 5.41 Å². The van der Waals surface area contributed by atoms with E-state index < -0.39 is 0 Å². The highest BCUT2D eigenvalue weighted by Gasteiger charge is 2.35. The monoisotopic (exact) mass is 536 g/mol. The lowest BCUT2D eigenvalue weighted by Gasteiger charge is -2.23. The molecule has 0 unspecified atom stereocenters. The predicted octanol–water partition coefficient (Wildman–Crippen LogP) is 11.6. The molecule has 0 nitrogen and oxygen atoms in total. The molecule has 1 aliphatic rings. The molecule has 0 aliphatic heterocycles. The van der Waals surface area contributed by atoms with E-state index in [0.29, 0.717) is 0 Å². The fourth-order valence-corrected chi connectivity index (χ4v) is 7.19. The van der Waals surface area contributed by atoms with E-state index in [0.717, 1.165) is 0 Å². The van der Waals surface area contributed by atoms with Crippen molar-refractivity contribution in [2.24, 2.45) is 0 Å². The lowest BCUT2D eigenvalue weighted by Crippen LogP contribution is -2.14. The van der Waals surface area contributed by atoms with Gasteiger partial charge >= 0.3 is 0 Å².